The van der Waals surface area contributed by atoms with E-state index in [4.69, 9.17) is 4.74 Å². The average Bonchev–Trinajstić information content (AvgIpc) is 3.32. The third-order valence-corrected chi connectivity index (χ3v) is 6.34. The van der Waals surface area contributed by atoms with Gasteiger partial charge in [-0.15, -0.1) is 0 Å². The van der Waals surface area contributed by atoms with Gasteiger partial charge in [-0.3, -0.25) is 14.5 Å². The van der Waals surface area contributed by atoms with Gasteiger partial charge in [-0.1, -0.05) is 18.2 Å². The van der Waals surface area contributed by atoms with Crippen LogP contribution in [0.25, 0.3) is 0 Å². The molecular weight excluding hydrogens is 326 g/mol. The van der Waals surface area contributed by atoms with Crippen molar-refractivity contribution in [1.29, 1.82) is 0 Å². The topological polar surface area (TPSA) is 46.6 Å². The molecule has 4 nitrogen and oxygen atoms in total. The van der Waals surface area contributed by atoms with Crippen LogP contribution in [-0.4, -0.2) is 11.8 Å². The zero-order valence-corrected chi connectivity index (χ0v) is 14.7. The lowest BCUT2D eigenvalue weighted by molar-refractivity contribution is -0.123. The summed E-state index contributed by atoms with van der Waals surface area (Å²) in [6, 6.07) is 15.1. The fraction of sp³-hybridized carbons (Fsp3) is 0.364. The number of hydrogen-bond donors (Lipinski definition) is 0. The first-order valence-electron chi connectivity index (χ1n) is 9.35. The fourth-order valence-corrected chi connectivity index (χ4v) is 5.12. The van der Waals surface area contributed by atoms with Gasteiger partial charge in [0, 0.05) is 0 Å². The van der Waals surface area contributed by atoms with Crippen molar-refractivity contribution < 1.29 is 14.3 Å². The molecular formula is C22H21NO3. The second kappa shape index (κ2) is 5.70. The number of anilines is 1. The molecule has 0 aromatic heterocycles. The molecule has 3 aliphatic rings. The van der Waals surface area contributed by atoms with E-state index in [1.54, 1.807) is 0 Å². The average molecular weight is 347 g/mol. The van der Waals surface area contributed by atoms with Crippen LogP contribution < -0.4 is 9.64 Å². The van der Waals surface area contributed by atoms with Gasteiger partial charge >= 0.3 is 0 Å². The van der Waals surface area contributed by atoms with Crippen LogP contribution in [0, 0.1) is 30.6 Å². The van der Waals surface area contributed by atoms with Crippen molar-refractivity contribution in [3.8, 4) is 11.5 Å². The predicted molar refractivity (Wildman–Crippen MR) is 98.0 cm³/mol. The minimum Gasteiger partial charge on any atom is -0.457 e. The molecule has 1 aliphatic heterocycles. The van der Waals surface area contributed by atoms with E-state index in [1.807, 2.05) is 55.5 Å². The highest BCUT2D eigenvalue weighted by Gasteiger charge is 2.61. The number of aryl methyl sites for hydroxylation is 1. The number of carbonyl (C=O) groups is 2. The summed E-state index contributed by atoms with van der Waals surface area (Å²) in [6.07, 6.45) is 3.26. The Morgan fingerprint density at radius 1 is 0.885 bits per heavy atom. The minimum absolute atomic E-state index is 0.000211. The summed E-state index contributed by atoms with van der Waals surface area (Å²) in [5, 5.41) is 0. The van der Waals surface area contributed by atoms with Gasteiger partial charge in [0.15, 0.2) is 0 Å². The number of hydrogen-bond acceptors (Lipinski definition) is 3. The Morgan fingerprint density at radius 2 is 1.50 bits per heavy atom. The molecule has 2 aromatic carbocycles. The Balaban J connectivity index is 1.39. The normalized spacial score (nSPS) is 29.3. The number of rotatable bonds is 3. The number of ether oxygens (including phenoxy) is 1. The van der Waals surface area contributed by atoms with Gasteiger partial charge in [-0.2, -0.15) is 0 Å². The van der Waals surface area contributed by atoms with Crippen molar-refractivity contribution in [3.05, 3.63) is 54.1 Å². The summed E-state index contributed by atoms with van der Waals surface area (Å²) < 4.78 is 5.91. The second-order valence-electron chi connectivity index (χ2n) is 7.76. The first-order chi connectivity index (χ1) is 12.6. The molecule has 1 saturated heterocycles. The molecule has 1 heterocycles. The van der Waals surface area contributed by atoms with E-state index < -0.39 is 0 Å². The van der Waals surface area contributed by atoms with E-state index in [9.17, 15) is 9.59 Å². The number of benzene rings is 2. The maximum absolute atomic E-state index is 12.9. The van der Waals surface area contributed by atoms with Crippen molar-refractivity contribution in [2.24, 2.45) is 23.7 Å². The molecule has 3 fully saturated rings. The van der Waals surface area contributed by atoms with Crippen molar-refractivity contribution in [2.75, 3.05) is 4.90 Å². The third-order valence-electron chi connectivity index (χ3n) is 6.34. The van der Waals surface area contributed by atoms with E-state index in [2.05, 4.69) is 0 Å². The lowest BCUT2D eigenvalue weighted by Gasteiger charge is -2.19. The van der Waals surface area contributed by atoms with Crippen LogP contribution in [0.3, 0.4) is 0 Å². The number of nitrogens with zero attached hydrogens (tertiary/aromatic N) is 1. The summed E-state index contributed by atoms with van der Waals surface area (Å²) in [5.74, 6) is 2.17. The van der Waals surface area contributed by atoms with Crippen LogP contribution in [0.1, 0.15) is 24.8 Å². The van der Waals surface area contributed by atoms with Gasteiger partial charge in [-0.25, -0.2) is 0 Å². The zero-order valence-electron chi connectivity index (χ0n) is 14.7. The van der Waals surface area contributed by atoms with Gasteiger partial charge in [0.2, 0.25) is 11.8 Å². The Kier molecular flexibility index (Phi) is 3.42. The maximum Gasteiger partial charge on any atom is 0.237 e. The largest absolute Gasteiger partial charge is 0.457 e. The molecule has 4 heteroatoms. The summed E-state index contributed by atoms with van der Waals surface area (Å²) >= 11 is 0. The van der Waals surface area contributed by atoms with Gasteiger partial charge in [0.05, 0.1) is 17.5 Å². The number of fused-ring (bicyclic) bond motifs is 5. The summed E-state index contributed by atoms with van der Waals surface area (Å²) in [6.45, 7) is 2.00. The highest BCUT2D eigenvalue weighted by molar-refractivity contribution is 6.22. The standard InChI is InChI=1S/C22H21NO3/c1-13-4-2-3-5-18(13)26-17-10-8-16(9-11-17)23-21(24)19-14-6-7-15(12-14)20(19)22(23)25/h2-5,8-11,14-15,19-20H,6-7,12H2,1H3/t14-,15-,19-,20-/m0/s1. The van der Waals surface area contributed by atoms with Crippen LogP contribution in [0.4, 0.5) is 5.69 Å². The lowest BCUT2D eigenvalue weighted by Crippen LogP contribution is -2.32. The quantitative estimate of drug-likeness (QED) is 0.777. The van der Waals surface area contributed by atoms with Crippen LogP contribution in [-0.2, 0) is 9.59 Å². The van der Waals surface area contributed by atoms with E-state index in [0.29, 0.717) is 23.3 Å². The van der Waals surface area contributed by atoms with Crippen LogP contribution in [0.15, 0.2) is 48.5 Å². The van der Waals surface area contributed by atoms with Gasteiger partial charge in [0.25, 0.3) is 0 Å². The highest BCUT2D eigenvalue weighted by atomic mass is 16.5. The lowest BCUT2D eigenvalue weighted by atomic mass is 9.81. The maximum atomic E-state index is 12.9. The molecule has 0 spiro atoms. The Morgan fingerprint density at radius 3 is 2.12 bits per heavy atom. The van der Waals surface area contributed by atoms with Crippen molar-refractivity contribution in [2.45, 2.75) is 26.2 Å². The van der Waals surface area contributed by atoms with Crippen molar-refractivity contribution in [3.63, 3.8) is 0 Å². The third kappa shape index (κ3) is 2.21. The molecule has 26 heavy (non-hydrogen) atoms. The van der Waals surface area contributed by atoms with Crippen molar-refractivity contribution in [1.82, 2.24) is 0 Å². The number of para-hydroxylation sites is 1. The number of amides is 2. The summed E-state index contributed by atoms with van der Waals surface area (Å²) in [5.41, 5.74) is 1.72. The monoisotopic (exact) mass is 347 g/mol. The van der Waals surface area contributed by atoms with Crippen molar-refractivity contribution >= 4 is 17.5 Å². The van der Waals surface area contributed by atoms with Gasteiger partial charge in [-0.05, 0) is 73.9 Å². The zero-order chi connectivity index (χ0) is 17.8. The van der Waals surface area contributed by atoms with Gasteiger partial charge in [0.1, 0.15) is 11.5 Å². The predicted octanol–water partition coefficient (Wildman–Crippen LogP) is 4.32. The molecule has 2 saturated carbocycles. The molecule has 0 unspecified atom stereocenters. The van der Waals surface area contributed by atoms with E-state index in [-0.39, 0.29) is 23.7 Å². The second-order valence-corrected chi connectivity index (χ2v) is 7.76. The molecule has 0 N–H and O–H groups in total. The van der Waals surface area contributed by atoms with Crippen LogP contribution in [0.5, 0.6) is 11.5 Å². The highest BCUT2D eigenvalue weighted by Crippen LogP contribution is 2.56. The van der Waals surface area contributed by atoms with E-state index >= 15 is 0 Å². The molecule has 4 atom stereocenters. The SMILES string of the molecule is Cc1ccccc1Oc1ccc(N2C(=O)[C@H]3[C@H]4CC[C@@H](C4)[C@@H]3C2=O)cc1. The van der Waals surface area contributed by atoms with Crippen LogP contribution >= 0.6 is 0 Å². The molecule has 0 radical (unpaired) electrons. The first kappa shape index (κ1) is 15.6. The minimum atomic E-state index is -0.0795. The first-order valence-corrected chi connectivity index (χ1v) is 9.35. The summed E-state index contributed by atoms with van der Waals surface area (Å²) in [7, 11) is 0. The molecule has 2 aromatic rings. The Labute approximate surface area is 152 Å². The molecule has 132 valence electrons. The molecule has 2 bridgehead atoms. The molecule has 2 amide bonds. The van der Waals surface area contributed by atoms with E-state index in [1.165, 1.54) is 4.90 Å². The van der Waals surface area contributed by atoms with E-state index in [0.717, 1.165) is 30.6 Å². The smallest absolute Gasteiger partial charge is 0.237 e. The number of imide groups is 1. The Bertz CT molecular complexity index is 861. The fourth-order valence-electron chi connectivity index (χ4n) is 5.12. The van der Waals surface area contributed by atoms with Crippen LogP contribution in [0.2, 0.25) is 0 Å². The molecule has 5 rings (SSSR count). The molecule has 2 aliphatic carbocycles. The number of carbonyl (C=O) groups excluding carboxylic acids is 2. The summed E-state index contributed by atoms with van der Waals surface area (Å²) in [4.78, 5) is 27.2. The van der Waals surface area contributed by atoms with Gasteiger partial charge < -0.3 is 4.74 Å². The Hall–Kier alpha value is -2.62.